The van der Waals surface area contributed by atoms with Crippen LogP contribution in [0.5, 0.6) is 5.75 Å². The number of rotatable bonds is 4. The summed E-state index contributed by atoms with van der Waals surface area (Å²) in [5.41, 5.74) is 0.403. The third-order valence-electron chi connectivity index (χ3n) is 3.31. The van der Waals surface area contributed by atoms with Crippen molar-refractivity contribution < 1.29 is 13.5 Å². The Kier molecular flexibility index (Phi) is 9.05. The van der Waals surface area contributed by atoms with Crippen LogP contribution in [0.15, 0.2) is 18.2 Å². The van der Waals surface area contributed by atoms with Crippen molar-refractivity contribution in [2.75, 3.05) is 40.0 Å². The summed E-state index contributed by atoms with van der Waals surface area (Å²) < 4.78 is 32.1. The van der Waals surface area contributed by atoms with Crippen molar-refractivity contribution in [3.63, 3.8) is 0 Å². The molecule has 1 aliphatic heterocycles. The molecule has 0 amide bonds. The number of hydrogen-bond donors (Lipinski definition) is 1. The minimum Gasteiger partial charge on any atom is -0.497 e. The van der Waals surface area contributed by atoms with E-state index in [4.69, 9.17) is 4.74 Å². The van der Waals surface area contributed by atoms with Crippen LogP contribution in [0.4, 0.5) is 8.78 Å². The molecule has 0 unspecified atom stereocenters. The maximum atomic E-state index is 13.9. The van der Waals surface area contributed by atoms with Gasteiger partial charge in [-0.15, -0.1) is 24.8 Å². The summed E-state index contributed by atoms with van der Waals surface area (Å²) in [5.74, 6) is 0.0460. The molecule has 1 saturated heterocycles. The number of hydrogen-bond acceptors (Lipinski definition) is 3. The standard InChI is InChI=1S/C13H18F2N2O.2ClH/c1-18-10-2-3-11(12(15)8-10)13(9-14)17-6-4-16-5-7-17;;/h2-3,8,13,16H,4-7,9H2,1H3;2*1H/t13-;;/m0../s1. The molecule has 2 rings (SSSR count). The van der Waals surface area contributed by atoms with Crippen LogP contribution in [0, 0.1) is 5.82 Å². The number of nitrogens with zero attached hydrogens (tertiary/aromatic N) is 1. The molecule has 1 fully saturated rings. The summed E-state index contributed by atoms with van der Waals surface area (Å²) in [5, 5.41) is 3.20. The van der Waals surface area contributed by atoms with Crippen LogP contribution in [0.1, 0.15) is 11.6 Å². The van der Waals surface area contributed by atoms with Crippen LogP contribution in [0.2, 0.25) is 0 Å². The molecular formula is C13H20Cl2F2N2O. The van der Waals surface area contributed by atoms with Gasteiger partial charge < -0.3 is 10.1 Å². The maximum Gasteiger partial charge on any atom is 0.131 e. The molecule has 1 atom stereocenters. The lowest BCUT2D eigenvalue weighted by Gasteiger charge is -2.33. The van der Waals surface area contributed by atoms with Crippen LogP contribution < -0.4 is 10.1 Å². The Bertz CT molecular complexity index is 404. The van der Waals surface area contributed by atoms with Gasteiger partial charge in [0.25, 0.3) is 0 Å². The van der Waals surface area contributed by atoms with E-state index in [1.807, 2.05) is 4.90 Å². The first-order chi connectivity index (χ1) is 8.76. The summed E-state index contributed by atoms with van der Waals surface area (Å²) in [6.45, 7) is 2.52. The lowest BCUT2D eigenvalue weighted by atomic mass is 10.0. The van der Waals surface area contributed by atoms with E-state index in [9.17, 15) is 8.78 Å². The molecule has 1 heterocycles. The molecule has 1 aliphatic rings. The second kappa shape index (κ2) is 9.34. The zero-order valence-electron chi connectivity index (χ0n) is 11.3. The van der Waals surface area contributed by atoms with Crippen LogP contribution in [0.25, 0.3) is 0 Å². The number of benzene rings is 1. The quantitative estimate of drug-likeness (QED) is 0.919. The van der Waals surface area contributed by atoms with E-state index in [1.54, 1.807) is 12.1 Å². The summed E-state index contributed by atoms with van der Waals surface area (Å²) in [6, 6.07) is 4.09. The second-order valence-electron chi connectivity index (χ2n) is 4.34. The molecule has 7 heteroatoms. The van der Waals surface area contributed by atoms with Crippen LogP contribution in [0.3, 0.4) is 0 Å². The van der Waals surface area contributed by atoms with Gasteiger partial charge in [-0.25, -0.2) is 8.78 Å². The summed E-state index contributed by atoms with van der Waals surface area (Å²) in [7, 11) is 1.48. The topological polar surface area (TPSA) is 24.5 Å². The summed E-state index contributed by atoms with van der Waals surface area (Å²) >= 11 is 0. The third kappa shape index (κ3) is 4.45. The molecule has 1 N–H and O–H groups in total. The van der Waals surface area contributed by atoms with Gasteiger partial charge in [-0.2, -0.15) is 0 Å². The van der Waals surface area contributed by atoms with Gasteiger partial charge in [0.1, 0.15) is 18.2 Å². The first-order valence-corrected chi connectivity index (χ1v) is 6.10. The monoisotopic (exact) mass is 328 g/mol. The number of piperazine rings is 1. The fourth-order valence-corrected chi connectivity index (χ4v) is 2.28. The zero-order chi connectivity index (χ0) is 13.0. The normalized spacial score (nSPS) is 16.8. The minimum absolute atomic E-state index is 0. The molecule has 0 bridgehead atoms. The van der Waals surface area contributed by atoms with Crippen molar-refractivity contribution in [3.05, 3.63) is 29.6 Å². The van der Waals surface area contributed by atoms with Crippen LogP contribution >= 0.6 is 24.8 Å². The van der Waals surface area contributed by atoms with Crippen LogP contribution in [-0.2, 0) is 0 Å². The largest absolute Gasteiger partial charge is 0.497 e. The maximum absolute atomic E-state index is 13.9. The molecule has 20 heavy (non-hydrogen) atoms. The smallest absolute Gasteiger partial charge is 0.131 e. The molecule has 0 spiro atoms. The van der Waals surface area contributed by atoms with Gasteiger partial charge in [-0.1, -0.05) is 6.07 Å². The molecule has 3 nitrogen and oxygen atoms in total. The Balaban J connectivity index is 0.00000180. The van der Waals surface area contributed by atoms with E-state index in [1.165, 1.54) is 13.2 Å². The highest BCUT2D eigenvalue weighted by atomic mass is 35.5. The average molecular weight is 329 g/mol. The Morgan fingerprint density at radius 1 is 1.30 bits per heavy atom. The second-order valence-corrected chi connectivity index (χ2v) is 4.34. The van der Waals surface area contributed by atoms with Crippen molar-refractivity contribution in [1.29, 1.82) is 0 Å². The molecule has 0 radical (unpaired) electrons. The van der Waals surface area contributed by atoms with Gasteiger partial charge >= 0.3 is 0 Å². The lowest BCUT2D eigenvalue weighted by Crippen LogP contribution is -2.45. The van der Waals surface area contributed by atoms with Crippen LogP contribution in [-0.4, -0.2) is 44.9 Å². The molecule has 1 aromatic rings. The van der Waals surface area contributed by atoms with Crippen molar-refractivity contribution in [2.24, 2.45) is 0 Å². The van der Waals surface area contributed by atoms with E-state index in [2.05, 4.69) is 5.32 Å². The highest BCUT2D eigenvalue weighted by Crippen LogP contribution is 2.27. The molecule has 0 saturated carbocycles. The van der Waals surface area contributed by atoms with Gasteiger partial charge in [0.15, 0.2) is 0 Å². The Morgan fingerprint density at radius 2 is 1.95 bits per heavy atom. The van der Waals surface area contributed by atoms with E-state index < -0.39 is 18.5 Å². The number of ether oxygens (including phenoxy) is 1. The predicted molar refractivity (Wildman–Crippen MR) is 80.6 cm³/mol. The SMILES string of the molecule is COc1ccc([C@H](CF)N2CCNCC2)c(F)c1.Cl.Cl. The number of halogens is 4. The fraction of sp³-hybridized carbons (Fsp3) is 0.538. The van der Waals surface area contributed by atoms with E-state index in [0.717, 1.165) is 26.2 Å². The molecule has 0 aliphatic carbocycles. The molecule has 116 valence electrons. The van der Waals surface area contributed by atoms with E-state index in [-0.39, 0.29) is 24.8 Å². The lowest BCUT2D eigenvalue weighted by molar-refractivity contribution is 0.144. The van der Waals surface area contributed by atoms with Gasteiger partial charge in [-0.3, -0.25) is 4.90 Å². The van der Waals surface area contributed by atoms with Gasteiger partial charge in [0.05, 0.1) is 13.2 Å². The van der Waals surface area contributed by atoms with Crippen molar-refractivity contribution in [3.8, 4) is 5.75 Å². The van der Waals surface area contributed by atoms with Gasteiger partial charge in [0, 0.05) is 37.8 Å². The van der Waals surface area contributed by atoms with Crippen molar-refractivity contribution in [1.82, 2.24) is 10.2 Å². The number of methoxy groups -OCH3 is 1. The summed E-state index contributed by atoms with van der Waals surface area (Å²) in [6.07, 6.45) is 0. The Morgan fingerprint density at radius 3 is 2.45 bits per heavy atom. The average Bonchev–Trinajstić information content (AvgIpc) is 2.42. The van der Waals surface area contributed by atoms with Crippen molar-refractivity contribution >= 4 is 24.8 Å². The zero-order valence-corrected chi connectivity index (χ0v) is 12.9. The molecule has 0 aromatic heterocycles. The first-order valence-electron chi connectivity index (χ1n) is 6.10. The highest BCUT2D eigenvalue weighted by molar-refractivity contribution is 5.85. The van der Waals surface area contributed by atoms with Crippen molar-refractivity contribution in [2.45, 2.75) is 6.04 Å². The Hall–Kier alpha value is -0.620. The predicted octanol–water partition coefficient (Wildman–Crippen LogP) is 2.59. The van der Waals surface area contributed by atoms with E-state index in [0.29, 0.717) is 11.3 Å². The molecule has 1 aromatic carbocycles. The fourth-order valence-electron chi connectivity index (χ4n) is 2.28. The molecular weight excluding hydrogens is 309 g/mol. The Labute approximate surface area is 130 Å². The number of alkyl halides is 1. The van der Waals surface area contributed by atoms with E-state index >= 15 is 0 Å². The van der Waals surface area contributed by atoms with Gasteiger partial charge in [-0.05, 0) is 6.07 Å². The van der Waals surface area contributed by atoms with Gasteiger partial charge in [0.2, 0.25) is 0 Å². The summed E-state index contributed by atoms with van der Waals surface area (Å²) in [4.78, 5) is 1.97. The minimum atomic E-state index is -0.580. The highest BCUT2D eigenvalue weighted by Gasteiger charge is 2.24. The number of nitrogens with one attached hydrogen (secondary N) is 1. The first kappa shape index (κ1) is 19.4. The third-order valence-corrected chi connectivity index (χ3v) is 3.31.